The molecule has 0 bridgehead atoms. The maximum Gasteiger partial charge on any atom is 0.416 e. The van der Waals surface area contributed by atoms with Gasteiger partial charge in [-0.2, -0.15) is 13.2 Å². The van der Waals surface area contributed by atoms with E-state index in [4.69, 9.17) is 4.74 Å². The summed E-state index contributed by atoms with van der Waals surface area (Å²) in [5.74, 6) is 0.435. The molecule has 1 rings (SSSR count). The molecule has 0 aliphatic carbocycles. The van der Waals surface area contributed by atoms with Gasteiger partial charge < -0.3 is 4.74 Å². The van der Waals surface area contributed by atoms with Gasteiger partial charge in [-0.25, -0.2) is 0 Å². The van der Waals surface area contributed by atoms with E-state index in [1.807, 2.05) is 6.92 Å². The summed E-state index contributed by atoms with van der Waals surface area (Å²) in [7, 11) is 0. The molecule has 0 unspecified atom stereocenters. The van der Waals surface area contributed by atoms with Gasteiger partial charge in [0, 0.05) is 0 Å². The van der Waals surface area contributed by atoms with Crippen LogP contribution in [0.4, 0.5) is 13.2 Å². The average molecular weight is 283 g/mol. The van der Waals surface area contributed by atoms with Crippen molar-refractivity contribution in [2.75, 3.05) is 6.61 Å². The number of hydrogen-bond donors (Lipinski definition) is 0. The third-order valence-corrected chi connectivity index (χ3v) is 2.34. The van der Waals surface area contributed by atoms with Crippen LogP contribution in [-0.2, 0) is 6.18 Å². The Balaban J connectivity index is 2.88. The maximum atomic E-state index is 12.3. The molecule has 0 aromatic heterocycles. The number of hydrogen-bond acceptors (Lipinski definition) is 1. The van der Waals surface area contributed by atoms with Crippen LogP contribution in [-0.4, -0.2) is 6.61 Å². The fourth-order valence-electron chi connectivity index (χ4n) is 1.01. The van der Waals surface area contributed by atoms with Gasteiger partial charge in [0.25, 0.3) is 0 Å². The maximum absolute atomic E-state index is 12.3. The highest BCUT2D eigenvalue weighted by Crippen LogP contribution is 2.34. The molecule has 1 aromatic rings. The molecule has 84 valence electrons. The van der Waals surface area contributed by atoms with Gasteiger partial charge in [-0.05, 0) is 40.5 Å². The van der Waals surface area contributed by atoms with Gasteiger partial charge in [-0.1, -0.05) is 6.92 Å². The topological polar surface area (TPSA) is 9.23 Å². The predicted octanol–water partition coefficient (Wildman–Crippen LogP) is 4.26. The molecular weight excluding hydrogens is 273 g/mol. The van der Waals surface area contributed by atoms with Crippen LogP contribution in [0, 0.1) is 0 Å². The van der Waals surface area contributed by atoms with Gasteiger partial charge in [0.2, 0.25) is 0 Å². The number of rotatable bonds is 3. The molecule has 0 aliphatic heterocycles. The summed E-state index contributed by atoms with van der Waals surface area (Å²) in [6.07, 6.45) is -3.50. The third kappa shape index (κ3) is 3.41. The Morgan fingerprint density at radius 1 is 1.33 bits per heavy atom. The minimum Gasteiger partial charge on any atom is -0.492 e. The summed E-state index contributed by atoms with van der Waals surface area (Å²) in [4.78, 5) is 0. The number of benzene rings is 1. The van der Waals surface area contributed by atoms with Gasteiger partial charge >= 0.3 is 6.18 Å². The monoisotopic (exact) mass is 282 g/mol. The van der Waals surface area contributed by atoms with Crippen LogP contribution in [0.3, 0.4) is 0 Å². The highest BCUT2D eigenvalue weighted by Gasteiger charge is 2.30. The van der Waals surface area contributed by atoms with E-state index in [2.05, 4.69) is 15.9 Å². The van der Waals surface area contributed by atoms with Crippen molar-refractivity contribution in [3.63, 3.8) is 0 Å². The Labute approximate surface area is 94.4 Å². The summed E-state index contributed by atoms with van der Waals surface area (Å²) in [6.45, 7) is 2.42. The Morgan fingerprint density at radius 3 is 2.47 bits per heavy atom. The summed E-state index contributed by atoms with van der Waals surface area (Å²) >= 11 is 3.04. The minimum atomic E-state index is -4.31. The van der Waals surface area contributed by atoms with Crippen molar-refractivity contribution >= 4 is 15.9 Å². The smallest absolute Gasteiger partial charge is 0.416 e. The van der Waals surface area contributed by atoms with Gasteiger partial charge in [0.15, 0.2) is 0 Å². The Kier molecular flexibility index (Phi) is 4.02. The van der Waals surface area contributed by atoms with Crippen molar-refractivity contribution < 1.29 is 17.9 Å². The quantitative estimate of drug-likeness (QED) is 0.805. The summed E-state index contributed by atoms with van der Waals surface area (Å²) < 4.78 is 42.4. The van der Waals surface area contributed by atoms with E-state index in [0.29, 0.717) is 16.8 Å². The summed E-state index contributed by atoms with van der Waals surface area (Å²) in [5.41, 5.74) is -0.682. The van der Waals surface area contributed by atoms with Crippen LogP contribution in [0.2, 0.25) is 0 Å². The van der Waals surface area contributed by atoms with Crippen molar-refractivity contribution in [2.24, 2.45) is 0 Å². The van der Waals surface area contributed by atoms with Gasteiger partial charge in [-0.3, -0.25) is 0 Å². The van der Waals surface area contributed by atoms with Gasteiger partial charge in [0.05, 0.1) is 16.6 Å². The summed E-state index contributed by atoms with van der Waals surface area (Å²) in [6, 6.07) is 3.35. The number of ether oxygens (including phenoxy) is 1. The Hall–Kier alpha value is -0.710. The first kappa shape index (κ1) is 12.4. The van der Waals surface area contributed by atoms with E-state index in [1.165, 1.54) is 6.07 Å². The molecular formula is C10H10BrF3O. The molecule has 0 heterocycles. The second-order valence-corrected chi connectivity index (χ2v) is 3.85. The van der Waals surface area contributed by atoms with E-state index < -0.39 is 11.7 Å². The Morgan fingerprint density at radius 2 is 2.00 bits per heavy atom. The molecule has 0 saturated carbocycles. The van der Waals surface area contributed by atoms with Crippen molar-refractivity contribution in [1.29, 1.82) is 0 Å². The molecule has 1 nitrogen and oxygen atoms in total. The zero-order valence-corrected chi connectivity index (χ0v) is 9.65. The molecule has 0 N–H and O–H groups in total. The van der Waals surface area contributed by atoms with Crippen LogP contribution >= 0.6 is 15.9 Å². The van der Waals surface area contributed by atoms with E-state index in [1.54, 1.807) is 0 Å². The highest BCUT2D eigenvalue weighted by atomic mass is 79.9. The van der Waals surface area contributed by atoms with Crippen molar-refractivity contribution in [3.8, 4) is 5.75 Å². The summed E-state index contributed by atoms with van der Waals surface area (Å²) in [5, 5.41) is 0. The predicted molar refractivity (Wildman–Crippen MR) is 54.9 cm³/mol. The van der Waals surface area contributed by atoms with Crippen molar-refractivity contribution in [3.05, 3.63) is 28.2 Å². The molecule has 0 spiro atoms. The first-order chi connectivity index (χ1) is 6.95. The van der Waals surface area contributed by atoms with Crippen LogP contribution in [0.5, 0.6) is 5.75 Å². The fraction of sp³-hybridized carbons (Fsp3) is 0.400. The lowest BCUT2D eigenvalue weighted by Gasteiger charge is -2.10. The van der Waals surface area contributed by atoms with Gasteiger partial charge in [0.1, 0.15) is 5.75 Å². The molecule has 0 aliphatic rings. The first-order valence-corrected chi connectivity index (χ1v) is 5.24. The molecule has 1 aromatic carbocycles. The van der Waals surface area contributed by atoms with Crippen LogP contribution in [0.1, 0.15) is 18.9 Å². The van der Waals surface area contributed by atoms with Crippen LogP contribution < -0.4 is 4.74 Å². The Bertz CT molecular complexity index is 336. The molecule has 0 fully saturated rings. The van der Waals surface area contributed by atoms with E-state index in [9.17, 15) is 13.2 Å². The lowest BCUT2D eigenvalue weighted by Crippen LogP contribution is -2.05. The standard InChI is InChI=1S/C10H10BrF3O/c1-2-5-15-9-4-3-7(6-8(9)11)10(12,13)14/h3-4,6H,2,5H2,1H3. The average Bonchev–Trinajstić information content (AvgIpc) is 2.14. The molecule has 15 heavy (non-hydrogen) atoms. The molecule has 0 amide bonds. The third-order valence-electron chi connectivity index (χ3n) is 1.72. The second-order valence-electron chi connectivity index (χ2n) is 2.99. The van der Waals surface area contributed by atoms with Crippen molar-refractivity contribution in [1.82, 2.24) is 0 Å². The minimum absolute atomic E-state index is 0.325. The highest BCUT2D eigenvalue weighted by molar-refractivity contribution is 9.10. The number of halogens is 4. The van der Waals surface area contributed by atoms with E-state index in [0.717, 1.165) is 18.6 Å². The van der Waals surface area contributed by atoms with Crippen molar-refractivity contribution in [2.45, 2.75) is 19.5 Å². The molecule has 0 saturated heterocycles. The molecule has 0 atom stereocenters. The second kappa shape index (κ2) is 4.88. The largest absolute Gasteiger partial charge is 0.492 e. The lowest BCUT2D eigenvalue weighted by atomic mass is 10.2. The van der Waals surface area contributed by atoms with E-state index >= 15 is 0 Å². The normalized spacial score (nSPS) is 11.5. The van der Waals surface area contributed by atoms with Gasteiger partial charge in [-0.15, -0.1) is 0 Å². The van der Waals surface area contributed by atoms with Crippen LogP contribution in [0.15, 0.2) is 22.7 Å². The number of alkyl halides is 3. The lowest BCUT2D eigenvalue weighted by molar-refractivity contribution is -0.137. The van der Waals surface area contributed by atoms with E-state index in [-0.39, 0.29) is 0 Å². The van der Waals surface area contributed by atoms with Crippen LogP contribution in [0.25, 0.3) is 0 Å². The SMILES string of the molecule is CCCOc1ccc(C(F)(F)F)cc1Br. The zero-order valence-electron chi connectivity index (χ0n) is 8.07. The first-order valence-electron chi connectivity index (χ1n) is 4.44. The zero-order chi connectivity index (χ0) is 11.5. The fourth-order valence-corrected chi connectivity index (χ4v) is 1.50. The molecule has 0 radical (unpaired) electrons. The molecule has 5 heteroatoms.